The van der Waals surface area contributed by atoms with Crippen LogP contribution in [0.4, 0.5) is 0 Å². The Morgan fingerprint density at radius 1 is 1.40 bits per heavy atom. The first-order chi connectivity index (χ1) is 7.12. The highest BCUT2D eigenvalue weighted by Gasteiger charge is 2.46. The Hall–Kier alpha value is -0.0800. The summed E-state index contributed by atoms with van der Waals surface area (Å²) >= 11 is 0. The highest BCUT2D eigenvalue weighted by molar-refractivity contribution is 5.02. The van der Waals surface area contributed by atoms with Crippen molar-refractivity contribution in [3.05, 3.63) is 0 Å². The average molecular weight is 212 g/mol. The molecule has 1 saturated carbocycles. The summed E-state index contributed by atoms with van der Waals surface area (Å²) < 4.78 is 0. The Labute approximate surface area is 95.2 Å². The number of rotatable bonds is 7. The molecule has 2 heteroatoms. The van der Waals surface area contributed by atoms with E-state index in [2.05, 4.69) is 32.7 Å². The van der Waals surface area contributed by atoms with E-state index in [-0.39, 0.29) is 5.54 Å². The zero-order valence-electron chi connectivity index (χ0n) is 10.9. The molecule has 2 N–H and O–H groups in total. The molecule has 1 aliphatic carbocycles. The zero-order valence-corrected chi connectivity index (χ0v) is 10.9. The van der Waals surface area contributed by atoms with Gasteiger partial charge in [-0.05, 0) is 45.6 Å². The van der Waals surface area contributed by atoms with E-state index in [0.29, 0.717) is 6.04 Å². The first-order valence-electron chi connectivity index (χ1n) is 6.55. The first kappa shape index (κ1) is 13.0. The lowest BCUT2D eigenvalue weighted by molar-refractivity contribution is 0.0562. The normalized spacial score (nSPS) is 22.8. The minimum Gasteiger partial charge on any atom is -0.329 e. The van der Waals surface area contributed by atoms with Crippen LogP contribution < -0.4 is 5.73 Å². The second-order valence-electron chi connectivity index (χ2n) is 5.18. The van der Waals surface area contributed by atoms with Crippen molar-refractivity contribution in [2.75, 3.05) is 13.6 Å². The molecular formula is C13H28N2. The largest absolute Gasteiger partial charge is 0.329 e. The molecular weight excluding hydrogens is 184 g/mol. The second-order valence-corrected chi connectivity index (χ2v) is 5.18. The summed E-state index contributed by atoms with van der Waals surface area (Å²) in [5.41, 5.74) is 6.34. The topological polar surface area (TPSA) is 29.3 Å². The van der Waals surface area contributed by atoms with E-state index >= 15 is 0 Å². The van der Waals surface area contributed by atoms with E-state index in [4.69, 9.17) is 5.73 Å². The lowest BCUT2D eigenvalue weighted by Crippen LogP contribution is -2.56. The van der Waals surface area contributed by atoms with Crippen molar-refractivity contribution in [2.24, 2.45) is 11.7 Å². The van der Waals surface area contributed by atoms with Crippen LogP contribution in [0.5, 0.6) is 0 Å². The third kappa shape index (κ3) is 2.54. The lowest BCUT2D eigenvalue weighted by atomic mass is 9.86. The fourth-order valence-electron chi connectivity index (χ4n) is 2.95. The van der Waals surface area contributed by atoms with E-state index in [1.165, 1.54) is 32.1 Å². The van der Waals surface area contributed by atoms with Crippen molar-refractivity contribution < 1.29 is 0 Å². The van der Waals surface area contributed by atoms with Gasteiger partial charge in [-0.15, -0.1) is 0 Å². The van der Waals surface area contributed by atoms with Gasteiger partial charge in [0.15, 0.2) is 0 Å². The van der Waals surface area contributed by atoms with E-state index < -0.39 is 0 Å². The van der Waals surface area contributed by atoms with Gasteiger partial charge < -0.3 is 5.73 Å². The Kier molecular flexibility index (Phi) is 4.60. The van der Waals surface area contributed by atoms with Gasteiger partial charge >= 0.3 is 0 Å². The third-order valence-corrected chi connectivity index (χ3v) is 4.37. The highest BCUT2D eigenvalue weighted by Crippen LogP contribution is 2.45. The monoisotopic (exact) mass is 212 g/mol. The molecule has 0 saturated heterocycles. The summed E-state index contributed by atoms with van der Waals surface area (Å²) in [5.74, 6) is 0.858. The van der Waals surface area contributed by atoms with Gasteiger partial charge in [0.05, 0.1) is 0 Å². The van der Waals surface area contributed by atoms with Gasteiger partial charge in [0, 0.05) is 18.1 Å². The Bertz CT molecular complexity index is 183. The SMILES string of the molecule is CCCC(C)N(C)C(CC)(CN)C1CC1. The van der Waals surface area contributed by atoms with Crippen LogP contribution in [-0.2, 0) is 0 Å². The molecule has 1 aliphatic rings. The molecule has 0 bridgehead atoms. The van der Waals surface area contributed by atoms with Gasteiger partial charge in [-0.1, -0.05) is 20.3 Å². The Balaban J connectivity index is 2.69. The maximum absolute atomic E-state index is 6.05. The molecule has 0 aromatic heterocycles. The molecule has 1 fully saturated rings. The van der Waals surface area contributed by atoms with E-state index in [1.54, 1.807) is 0 Å². The van der Waals surface area contributed by atoms with Crippen molar-refractivity contribution in [2.45, 2.75) is 64.5 Å². The van der Waals surface area contributed by atoms with Crippen molar-refractivity contribution in [1.82, 2.24) is 4.90 Å². The van der Waals surface area contributed by atoms with Crippen LogP contribution in [0.1, 0.15) is 52.9 Å². The van der Waals surface area contributed by atoms with Crippen molar-refractivity contribution >= 4 is 0 Å². The molecule has 2 unspecified atom stereocenters. The van der Waals surface area contributed by atoms with Crippen LogP contribution in [0.15, 0.2) is 0 Å². The van der Waals surface area contributed by atoms with Crippen molar-refractivity contribution in [1.29, 1.82) is 0 Å². The number of hydrogen-bond acceptors (Lipinski definition) is 2. The van der Waals surface area contributed by atoms with Crippen molar-refractivity contribution in [3.8, 4) is 0 Å². The van der Waals surface area contributed by atoms with Crippen LogP contribution in [0.2, 0.25) is 0 Å². The minimum absolute atomic E-state index is 0.286. The van der Waals surface area contributed by atoms with E-state index in [1.807, 2.05) is 0 Å². The molecule has 0 aromatic rings. The summed E-state index contributed by atoms with van der Waals surface area (Å²) in [7, 11) is 2.27. The van der Waals surface area contributed by atoms with Crippen molar-refractivity contribution in [3.63, 3.8) is 0 Å². The molecule has 0 heterocycles. The average Bonchev–Trinajstić information content (AvgIpc) is 3.05. The zero-order chi connectivity index (χ0) is 11.5. The van der Waals surface area contributed by atoms with Gasteiger partial charge in [0.25, 0.3) is 0 Å². The van der Waals surface area contributed by atoms with Gasteiger partial charge in [-0.2, -0.15) is 0 Å². The number of nitrogens with two attached hydrogens (primary N) is 1. The molecule has 90 valence electrons. The third-order valence-electron chi connectivity index (χ3n) is 4.37. The highest BCUT2D eigenvalue weighted by atomic mass is 15.2. The number of nitrogens with zero attached hydrogens (tertiary/aromatic N) is 1. The standard InChI is InChI=1S/C13H28N2/c1-5-7-11(3)15(4)13(6-2,10-14)12-8-9-12/h11-12H,5-10,14H2,1-4H3. The molecule has 15 heavy (non-hydrogen) atoms. The minimum atomic E-state index is 0.286. The fourth-order valence-corrected chi connectivity index (χ4v) is 2.95. The molecule has 0 radical (unpaired) electrons. The Morgan fingerprint density at radius 2 is 2.00 bits per heavy atom. The van der Waals surface area contributed by atoms with Gasteiger partial charge in [0.2, 0.25) is 0 Å². The predicted molar refractivity (Wildman–Crippen MR) is 66.9 cm³/mol. The smallest absolute Gasteiger partial charge is 0.0356 e. The lowest BCUT2D eigenvalue weighted by Gasteiger charge is -2.44. The maximum atomic E-state index is 6.05. The summed E-state index contributed by atoms with van der Waals surface area (Å²) in [6.45, 7) is 7.71. The number of hydrogen-bond donors (Lipinski definition) is 1. The first-order valence-corrected chi connectivity index (χ1v) is 6.55. The second kappa shape index (κ2) is 5.31. The van der Waals surface area contributed by atoms with Gasteiger partial charge in [-0.3, -0.25) is 4.90 Å². The van der Waals surface area contributed by atoms with E-state index in [0.717, 1.165) is 12.5 Å². The van der Waals surface area contributed by atoms with Crippen LogP contribution in [-0.4, -0.2) is 30.1 Å². The number of likely N-dealkylation sites (N-methyl/N-ethyl adjacent to an activating group) is 1. The molecule has 2 atom stereocenters. The van der Waals surface area contributed by atoms with Crippen LogP contribution in [0.25, 0.3) is 0 Å². The van der Waals surface area contributed by atoms with Gasteiger partial charge in [0.1, 0.15) is 0 Å². The molecule has 0 aromatic carbocycles. The molecule has 0 spiro atoms. The van der Waals surface area contributed by atoms with Crippen LogP contribution >= 0.6 is 0 Å². The molecule has 2 nitrogen and oxygen atoms in total. The summed E-state index contributed by atoms with van der Waals surface area (Å²) in [6, 6.07) is 0.666. The predicted octanol–water partition coefficient (Wildman–Crippen LogP) is 2.62. The molecule has 0 aliphatic heterocycles. The molecule has 1 rings (SSSR count). The summed E-state index contributed by atoms with van der Waals surface area (Å²) in [6.07, 6.45) is 6.51. The fraction of sp³-hybridized carbons (Fsp3) is 1.00. The molecule has 0 amide bonds. The Morgan fingerprint density at radius 3 is 2.33 bits per heavy atom. The summed E-state index contributed by atoms with van der Waals surface area (Å²) in [5, 5.41) is 0. The van der Waals surface area contributed by atoms with E-state index in [9.17, 15) is 0 Å². The van der Waals surface area contributed by atoms with Gasteiger partial charge in [-0.25, -0.2) is 0 Å². The summed E-state index contributed by atoms with van der Waals surface area (Å²) in [4.78, 5) is 2.56. The van der Waals surface area contributed by atoms with Crippen LogP contribution in [0, 0.1) is 5.92 Å². The quantitative estimate of drug-likeness (QED) is 0.703. The van der Waals surface area contributed by atoms with Crippen LogP contribution in [0.3, 0.4) is 0 Å². The maximum Gasteiger partial charge on any atom is 0.0356 e.